The first-order valence-electron chi connectivity index (χ1n) is 21.2. The average molecular weight is 927 g/mol. The Morgan fingerprint density at radius 2 is 0.875 bits per heavy atom. The third-order valence-electron chi connectivity index (χ3n) is 11.1. The van der Waals surface area contributed by atoms with Gasteiger partial charge in [-0.2, -0.15) is 0 Å². The summed E-state index contributed by atoms with van der Waals surface area (Å²) >= 11 is 1.40. The summed E-state index contributed by atoms with van der Waals surface area (Å²) in [7, 11) is 2.54. The Bertz CT molecular complexity index is 2720. The zero-order valence-electron chi connectivity index (χ0n) is 39.8. The van der Waals surface area contributed by atoms with Crippen LogP contribution in [0.3, 0.4) is 0 Å². The van der Waals surface area contributed by atoms with E-state index < -0.39 is 32.6 Å². The van der Waals surface area contributed by atoms with Crippen molar-refractivity contribution >= 4 is 55.1 Å². The SMILES string of the molecule is COc1cc(-c2cc(OC)cc(C(C)(C)C)c2Op2oc3c(C(C)(C)C)cc(OC)cc3c3cc(OC)cc(C(C)(C)C)c3o2)c(OP2OC(=O)c3ccccc3S2)c(C(C)(C)C)c1. The third kappa shape index (κ3) is 9.40. The molecule has 0 N–H and O–H groups in total. The summed E-state index contributed by atoms with van der Waals surface area (Å²) < 4.78 is 58.6. The van der Waals surface area contributed by atoms with Gasteiger partial charge in [0, 0.05) is 49.0 Å². The van der Waals surface area contributed by atoms with Crippen molar-refractivity contribution in [3.05, 3.63) is 101 Å². The van der Waals surface area contributed by atoms with E-state index in [9.17, 15) is 4.79 Å². The molecule has 10 nitrogen and oxygen atoms in total. The molecule has 7 rings (SSSR count). The van der Waals surface area contributed by atoms with E-state index in [1.165, 1.54) is 11.4 Å². The molecule has 64 heavy (non-hydrogen) atoms. The number of carbonyl (C=O) groups is 1. The smallest absolute Gasteiger partial charge is 0.453 e. The number of carbonyl (C=O) groups excluding carboxylic acids is 1. The minimum atomic E-state index is -2.25. The summed E-state index contributed by atoms with van der Waals surface area (Å²) in [5.41, 5.74) is 4.86. The number of rotatable bonds is 9. The van der Waals surface area contributed by atoms with Crippen LogP contribution in [-0.4, -0.2) is 34.4 Å². The summed E-state index contributed by atoms with van der Waals surface area (Å²) in [6.45, 7) is 25.6. The molecule has 5 aromatic carbocycles. The summed E-state index contributed by atoms with van der Waals surface area (Å²) in [6.07, 6.45) is 0. The highest BCUT2D eigenvalue weighted by atomic mass is 32.7. The third-order valence-corrected chi connectivity index (χ3v) is 14.9. The van der Waals surface area contributed by atoms with Gasteiger partial charge in [0.05, 0.1) is 34.0 Å². The predicted molar refractivity (Wildman–Crippen MR) is 260 cm³/mol. The molecule has 1 atom stereocenters. The summed E-state index contributed by atoms with van der Waals surface area (Å²) in [6, 6.07) is 23.3. The standard InChI is InChI=1S/C51H60O10P2S/c1-48(2,3)38-25-29(53-13)21-34-35-22-30(54-14)26-39(49(4,5)6)44(35)58-62(57-43(34)38)59-45-36(23-31(55-15)27-40(45)50(7,8)9)37-24-32(56-16)28-41(51(10,11)12)46(37)60-63-61-47(52)33-19-17-18-20-42(33)64-63/h17-28H,1-16H3. The number of hydrogen-bond donors (Lipinski definition) is 0. The van der Waals surface area contributed by atoms with Crippen LogP contribution in [0.15, 0.2) is 86.1 Å². The second-order valence-electron chi connectivity index (χ2n) is 20.0. The van der Waals surface area contributed by atoms with Crippen molar-refractivity contribution in [2.24, 2.45) is 0 Å². The lowest BCUT2D eigenvalue weighted by Crippen LogP contribution is -2.16. The minimum Gasteiger partial charge on any atom is -0.497 e. The monoisotopic (exact) mass is 926 g/mol. The van der Waals surface area contributed by atoms with Crippen LogP contribution in [0.5, 0.6) is 34.5 Å². The van der Waals surface area contributed by atoms with Crippen LogP contribution < -0.4 is 28.0 Å². The Morgan fingerprint density at radius 1 is 0.484 bits per heavy atom. The van der Waals surface area contributed by atoms with Gasteiger partial charge in [-0.3, -0.25) is 0 Å². The van der Waals surface area contributed by atoms with Crippen LogP contribution in [0.25, 0.3) is 33.1 Å². The molecule has 2 heterocycles. The molecular weight excluding hydrogens is 867 g/mol. The van der Waals surface area contributed by atoms with E-state index in [-0.39, 0.29) is 10.8 Å². The first kappa shape index (κ1) is 47.0. The lowest BCUT2D eigenvalue weighted by atomic mass is 9.81. The van der Waals surface area contributed by atoms with Crippen molar-refractivity contribution in [2.75, 3.05) is 28.4 Å². The lowest BCUT2D eigenvalue weighted by molar-refractivity contribution is 0.0740. The van der Waals surface area contributed by atoms with E-state index in [0.29, 0.717) is 62.4 Å². The topological polar surface area (TPSA) is 108 Å². The second kappa shape index (κ2) is 17.5. The number of ether oxygens (including phenoxy) is 4. The molecule has 0 amide bonds. The van der Waals surface area contributed by atoms with Gasteiger partial charge in [0.2, 0.25) is 0 Å². The van der Waals surface area contributed by atoms with Gasteiger partial charge in [-0.15, -0.1) is 0 Å². The molecule has 0 spiro atoms. The van der Waals surface area contributed by atoms with E-state index in [4.69, 9.17) is 40.9 Å². The van der Waals surface area contributed by atoms with Crippen LogP contribution in [0.1, 0.15) is 116 Å². The fourth-order valence-electron chi connectivity index (χ4n) is 7.62. The van der Waals surface area contributed by atoms with Crippen molar-refractivity contribution in [2.45, 2.75) is 110 Å². The van der Waals surface area contributed by atoms with Gasteiger partial charge < -0.3 is 40.9 Å². The van der Waals surface area contributed by atoms with Crippen molar-refractivity contribution < 1.29 is 45.7 Å². The van der Waals surface area contributed by atoms with Gasteiger partial charge >= 0.3 is 21.8 Å². The Balaban J connectivity index is 1.59. The van der Waals surface area contributed by atoms with Crippen LogP contribution in [0, 0.1) is 0 Å². The number of methoxy groups -OCH3 is 4. The molecule has 6 aromatic rings. The Labute approximate surface area is 383 Å². The summed E-state index contributed by atoms with van der Waals surface area (Å²) in [5, 5.41) is 1.59. The molecule has 0 aliphatic carbocycles. The van der Waals surface area contributed by atoms with Gasteiger partial charge in [0.15, 0.2) is 0 Å². The quantitative estimate of drug-likeness (QED) is 0.129. The van der Waals surface area contributed by atoms with Crippen molar-refractivity contribution in [1.82, 2.24) is 0 Å². The molecule has 0 radical (unpaired) electrons. The molecule has 1 aliphatic heterocycles. The minimum absolute atomic E-state index is 0.378. The zero-order valence-corrected chi connectivity index (χ0v) is 42.4. The largest absolute Gasteiger partial charge is 0.497 e. The number of benzene rings is 5. The molecule has 13 heteroatoms. The van der Waals surface area contributed by atoms with E-state index >= 15 is 0 Å². The van der Waals surface area contributed by atoms with Crippen LogP contribution in [0.2, 0.25) is 0 Å². The maximum absolute atomic E-state index is 13.4. The second-order valence-corrected chi connectivity index (χ2v) is 23.9. The first-order valence-corrected chi connectivity index (χ1v) is 24.9. The molecule has 1 aliphatic rings. The molecular formula is C51H60O10P2S. The van der Waals surface area contributed by atoms with Crippen LogP contribution in [0.4, 0.5) is 0 Å². The highest BCUT2D eigenvalue weighted by molar-refractivity contribution is 8.53. The lowest BCUT2D eigenvalue weighted by Gasteiger charge is -2.30. The maximum Gasteiger partial charge on any atom is 0.453 e. The van der Waals surface area contributed by atoms with Crippen molar-refractivity contribution in [1.29, 1.82) is 0 Å². The highest BCUT2D eigenvalue weighted by Crippen LogP contribution is 2.62. The van der Waals surface area contributed by atoms with E-state index in [0.717, 1.165) is 37.9 Å². The molecule has 0 saturated heterocycles. The van der Waals surface area contributed by atoms with Gasteiger partial charge in [0.25, 0.3) is 0 Å². The molecule has 0 fully saturated rings. The van der Waals surface area contributed by atoms with Gasteiger partial charge in [-0.1, -0.05) is 95.2 Å². The molecule has 1 aromatic heterocycles. The van der Waals surface area contributed by atoms with Crippen LogP contribution in [-0.2, 0) is 26.2 Å². The summed E-state index contributed by atoms with van der Waals surface area (Å²) in [5.74, 6) is 3.17. The normalized spacial score (nSPS) is 14.5. The number of fused-ring (bicyclic) bond motifs is 4. The molecule has 340 valence electrons. The first-order chi connectivity index (χ1) is 29.9. The average Bonchev–Trinajstić information content (AvgIpc) is 3.37. The molecule has 1 unspecified atom stereocenters. The van der Waals surface area contributed by atoms with E-state index in [1.807, 2.05) is 66.7 Å². The van der Waals surface area contributed by atoms with Gasteiger partial charge in [-0.25, -0.2) is 4.79 Å². The Morgan fingerprint density at radius 3 is 1.30 bits per heavy atom. The van der Waals surface area contributed by atoms with E-state index in [2.05, 4.69) is 83.1 Å². The fourth-order valence-corrected chi connectivity index (χ4v) is 11.6. The summed E-state index contributed by atoms with van der Waals surface area (Å²) in [4.78, 5) is 14.2. The Hall–Kier alpha value is -4.95. The van der Waals surface area contributed by atoms with Crippen molar-refractivity contribution in [3.8, 4) is 45.6 Å². The molecule has 0 saturated carbocycles. The predicted octanol–water partition coefficient (Wildman–Crippen LogP) is 15.6. The molecule has 0 bridgehead atoms. The number of hydrogen-bond acceptors (Lipinski definition) is 11. The van der Waals surface area contributed by atoms with Gasteiger partial charge in [0.1, 0.15) is 45.7 Å². The maximum atomic E-state index is 13.4. The van der Waals surface area contributed by atoms with Gasteiger partial charge in [-0.05, 0) is 93.7 Å². The van der Waals surface area contributed by atoms with Crippen LogP contribution >= 0.6 is 27.2 Å². The fraction of sp³-hybridized carbons (Fsp3) is 0.392. The Kier molecular flexibility index (Phi) is 12.8. The van der Waals surface area contributed by atoms with Crippen molar-refractivity contribution in [3.63, 3.8) is 0 Å². The van der Waals surface area contributed by atoms with E-state index in [1.54, 1.807) is 34.5 Å². The highest BCUT2D eigenvalue weighted by Gasteiger charge is 2.36. The zero-order chi connectivity index (χ0) is 46.7.